The predicted molar refractivity (Wildman–Crippen MR) is 336 cm³/mol. The summed E-state index contributed by atoms with van der Waals surface area (Å²) >= 11 is 55.3. The minimum Gasteiger partial charge on any atom is -0.460 e. The van der Waals surface area contributed by atoms with Crippen LogP contribution in [0.2, 0.25) is 45.2 Å². The van der Waals surface area contributed by atoms with Crippen LogP contribution in [-0.4, -0.2) is 91.3 Å². The average molecular weight is 1330 g/mol. The Morgan fingerprint density at radius 2 is 0.774 bits per heavy atom. The van der Waals surface area contributed by atoms with Crippen molar-refractivity contribution < 1.29 is 48.0 Å². The second-order valence-corrected chi connectivity index (χ2v) is 25.5. The molecular weight excluding hydrogens is 1270 g/mol. The molecule has 9 rings (SSSR count). The van der Waals surface area contributed by atoms with Crippen LogP contribution >= 0.6 is 104 Å². The number of ether oxygens (including phenoxy) is 5. The van der Waals surface area contributed by atoms with E-state index in [1.54, 1.807) is 145 Å². The first kappa shape index (κ1) is 67.1. The van der Waals surface area contributed by atoms with Gasteiger partial charge in [-0.25, -0.2) is 0 Å². The van der Waals surface area contributed by atoms with Gasteiger partial charge in [0.1, 0.15) is 23.9 Å². The van der Waals surface area contributed by atoms with E-state index >= 15 is 0 Å². The lowest BCUT2D eigenvalue weighted by Crippen LogP contribution is -2.50. The average Bonchev–Trinajstić information content (AvgIpc) is 1.64. The highest BCUT2D eigenvalue weighted by molar-refractivity contribution is 6.36. The Hall–Kier alpha value is -4.39. The molecule has 0 aromatic heterocycles. The van der Waals surface area contributed by atoms with E-state index in [4.69, 9.17) is 128 Å². The van der Waals surface area contributed by atoms with Crippen molar-refractivity contribution in [2.24, 2.45) is 0 Å². The number of hydrogen-bond donors (Lipinski definition) is 1. The quantitative estimate of drug-likeness (QED) is 0.111. The third-order valence-electron chi connectivity index (χ3n) is 13.2. The van der Waals surface area contributed by atoms with Gasteiger partial charge in [-0.2, -0.15) is 0 Å². The number of carbonyl (C=O) groups is 4. The topological polar surface area (TPSA) is 144 Å². The summed E-state index contributed by atoms with van der Waals surface area (Å²) in [4.78, 5) is 56.9. The molecule has 6 atom stereocenters. The number of hydrogen-bond acceptors (Lipinski definition) is 10. The van der Waals surface area contributed by atoms with Crippen molar-refractivity contribution in [2.75, 3.05) is 47.7 Å². The minimum atomic E-state index is -0.960. The van der Waals surface area contributed by atoms with Crippen LogP contribution in [0, 0.1) is 0 Å². The van der Waals surface area contributed by atoms with Gasteiger partial charge in [-0.05, 0) is 167 Å². The molecule has 22 heteroatoms. The second-order valence-electron chi connectivity index (χ2n) is 21.6. The van der Waals surface area contributed by atoms with Crippen LogP contribution in [0.1, 0.15) is 95.6 Å². The highest BCUT2D eigenvalue weighted by atomic mass is 35.5. The number of nitrogens with zero attached hydrogens (tertiary/aromatic N) is 3. The number of aliphatic hydroxyl groups excluding tert-OH is 1. The number of benzene rings is 6. The molecule has 448 valence electrons. The molecule has 3 aliphatic heterocycles. The van der Waals surface area contributed by atoms with Gasteiger partial charge in [0.25, 0.3) is 17.7 Å². The van der Waals surface area contributed by atoms with Crippen molar-refractivity contribution in [1.29, 1.82) is 0 Å². The number of anilines is 3. The minimum absolute atomic E-state index is 0.128. The number of morpholine rings is 3. The molecule has 13 nitrogen and oxygen atoms in total. The van der Waals surface area contributed by atoms with E-state index in [0.717, 1.165) is 16.8 Å². The lowest BCUT2D eigenvalue weighted by atomic mass is 10.0. The van der Waals surface area contributed by atoms with Gasteiger partial charge >= 0.3 is 5.97 Å². The Labute approximate surface area is 534 Å². The summed E-state index contributed by atoms with van der Waals surface area (Å²) in [5.41, 5.74) is 3.35. The zero-order valence-electron chi connectivity index (χ0n) is 46.6. The van der Waals surface area contributed by atoms with Gasteiger partial charge in [-0.3, -0.25) is 19.2 Å². The summed E-state index contributed by atoms with van der Waals surface area (Å²) in [5.74, 6) is -1.21. The van der Waals surface area contributed by atoms with Gasteiger partial charge in [0.15, 0.2) is 0 Å². The van der Waals surface area contributed by atoms with E-state index in [0.29, 0.717) is 81.8 Å². The van der Waals surface area contributed by atoms with E-state index in [1.165, 1.54) is 0 Å². The normalized spacial score (nSPS) is 20.2. The first-order valence-electron chi connectivity index (χ1n) is 26.6. The molecular formula is C62H62Cl9N3O10. The Morgan fingerprint density at radius 3 is 1.08 bits per heavy atom. The van der Waals surface area contributed by atoms with Crippen LogP contribution in [0.25, 0.3) is 0 Å². The van der Waals surface area contributed by atoms with Crippen LogP contribution in [0.4, 0.5) is 17.1 Å². The first-order valence-corrected chi connectivity index (χ1v) is 30.0. The monoisotopic (exact) mass is 1320 g/mol. The third kappa shape index (κ3) is 18.1. The van der Waals surface area contributed by atoms with Crippen LogP contribution in [-0.2, 0) is 42.9 Å². The highest BCUT2D eigenvalue weighted by Gasteiger charge is 2.42. The molecule has 3 heterocycles. The van der Waals surface area contributed by atoms with Gasteiger partial charge in [-0.15, -0.1) is 0 Å². The fraction of sp³-hybridized carbons (Fsp3) is 0.355. The van der Waals surface area contributed by atoms with Crippen LogP contribution < -0.4 is 14.7 Å². The predicted octanol–water partition coefficient (Wildman–Crippen LogP) is 16.7. The maximum absolute atomic E-state index is 13.4. The molecule has 6 aromatic carbocycles. The number of halogens is 9. The smallest absolute Gasteiger partial charge is 0.309 e. The van der Waals surface area contributed by atoms with E-state index < -0.39 is 42.0 Å². The molecule has 3 saturated heterocycles. The van der Waals surface area contributed by atoms with Crippen molar-refractivity contribution in [1.82, 2.24) is 0 Å². The van der Waals surface area contributed by atoms with Crippen LogP contribution in [0.5, 0.6) is 0 Å². The van der Waals surface area contributed by atoms with Gasteiger partial charge in [0.05, 0.1) is 56.6 Å². The lowest BCUT2D eigenvalue weighted by molar-refractivity contribution is -0.162. The van der Waals surface area contributed by atoms with Crippen molar-refractivity contribution in [3.63, 3.8) is 0 Å². The summed E-state index contributed by atoms with van der Waals surface area (Å²) in [5, 5.41) is 13.9. The van der Waals surface area contributed by atoms with Crippen LogP contribution in [0.3, 0.4) is 0 Å². The van der Waals surface area contributed by atoms with Gasteiger partial charge in [0.2, 0.25) is 0 Å². The number of esters is 1. The van der Waals surface area contributed by atoms with Crippen molar-refractivity contribution in [3.05, 3.63) is 189 Å². The molecule has 3 aliphatic rings. The summed E-state index contributed by atoms with van der Waals surface area (Å²) < 4.78 is 28.5. The van der Waals surface area contributed by atoms with E-state index in [2.05, 4.69) is 0 Å². The molecule has 0 bridgehead atoms. The number of aliphatic hydroxyl groups is 1. The summed E-state index contributed by atoms with van der Waals surface area (Å²) in [6, 6.07) is 35.3. The Kier molecular flexibility index (Phi) is 24.0. The molecule has 1 N–H and O–H groups in total. The Balaban J connectivity index is 0.000000182. The van der Waals surface area contributed by atoms with Crippen LogP contribution in [0.15, 0.2) is 127 Å². The molecule has 6 aromatic rings. The standard InChI is InChI=1S/C22H22Cl3NO4.C22H24Cl3NO3.C18H16Cl3NO3/c1-22(2,3)30-20(27)11-19-21(28)26(15-7-4-13(23)5-8-15)18(12-29-19)16-9-6-14(24)10-17(16)25;1-22(2,3)29-11-10-20-21(27)26(16-7-4-14(23)5-8-16)19(13-28-20)17-9-6-15(24)12-18(17)25;19-11-1-4-13(5-2-11)22-16(10-25-17(7-8-23)18(22)24)14-6-3-12(20)9-15(14)21/h4-10,18-19H,11-12H2,1-3H3;4-9,12,19-20H,10-11,13H2,1-3H3;1-6,9,16-17,23H,7-8,10H2. The SMILES string of the molecule is CC(C)(C)OC(=O)CC1OCC(c2ccc(Cl)cc2Cl)N(c2ccc(Cl)cc2)C1=O.CC(C)(C)OCCC1OCC(c2ccc(Cl)cc2Cl)N(c2ccc(Cl)cc2)C1=O.O=C1C(CCO)OCC(c2ccc(Cl)cc2Cl)N1c1ccc(Cl)cc1. The lowest BCUT2D eigenvalue weighted by Gasteiger charge is -2.40. The molecule has 6 unspecified atom stereocenters. The molecule has 84 heavy (non-hydrogen) atoms. The Morgan fingerprint density at radius 1 is 0.464 bits per heavy atom. The first-order chi connectivity index (χ1) is 39.7. The Bertz CT molecular complexity index is 3250. The third-order valence-corrected chi connectivity index (χ3v) is 15.6. The van der Waals surface area contributed by atoms with E-state index in [-0.39, 0.29) is 62.0 Å². The summed E-state index contributed by atoms with van der Waals surface area (Å²) in [6.07, 6.45) is -1.71. The largest absolute Gasteiger partial charge is 0.460 e. The number of rotatable bonds is 13. The highest BCUT2D eigenvalue weighted by Crippen LogP contribution is 2.41. The molecule has 3 amide bonds. The van der Waals surface area contributed by atoms with Crippen molar-refractivity contribution in [2.45, 2.75) is 108 Å². The zero-order valence-corrected chi connectivity index (χ0v) is 53.4. The molecule has 0 saturated carbocycles. The second kappa shape index (κ2) is 30.0. The van der Waals surface area contributed by atoms with E-state index in [9.17, 15) is 24.3 Å². The molecule has 3 fully saturated rings. The maximum Gasteiger partial charge on any atom is 0.309 e. The molecule has 0 radical (unpaired) electrons. The molecule has 0 aliphatic carbocycles. The van der Waals surface area contributed by atoms with Crippen molar-refractivity contribution in [3.8, 4) is 0 Å². The molecule has 0 spiro atoms. The number of carbonyl (C=O) groups excluding carboxylic acids is 4. The summed E-state index contributed by atoms with van der Waals surface area (Å²) in [6.45, 7) is 12.3. The van der Waals surface area contributed by atoms with E-state index in [1.807, 2.05) is 39.0 Å². The number of amides is 3. The van der Waals surface area contributed by atoms with Crippen molar-refractivity contribution >= 4 is 145 Å². The summed E-state index contributed by atoms with van der Waals surface area (Å²) in [7, 11) is 0. The van der Waals surface area contributed by atoms with Gasteiger partial charge in [0, 0.05) is 81.7 Å². The van der Waals surface area contributed by atoms with Gasteiger partial charge < -0.3 is 43.5 Å². The fourth-order valence-corrected chi connectivity index (χ4v) is 11.4. The zero-order chi connectivity index (χ0) is 61.2. The maximum atomic E-state index is 13.4. The van der Waals surface area contributed by atoms with Gasteiger partial charge in [-0.1, -0.05) is 123 Å². The fourth-order valence-electron chi connectivity index (χ4n) is 9.40.